The van der Waals surface area contributed by atoms with E-state index >= 15 is 0 Å². The molecule has 0 N–H and O–H groups in total. The van der Waals surface area contributed by atoms with Crippen LogP contribution in [0.25, 0.3) is 0 Å². The molecule has 0 aromatic heterocycles. The summed E-state index contributed by atoms with van der Waals surface area (Å²) in [5, 5.41) is 0. The van der Waals surface area contributed by atoms with Gasteiger partial charge in [0.05, 0.1) is 12.3 Å². The Balaban J connectivity index is 2.43. The number of hydrogen-bond acceptors (Lipinski definition) is 3. The maximum absolute atomic E-state index is 11.9. The van der Waals surface area contributed by atoms with Gasteiger partial charge >= 0.3 is 6.09 Å². The van der Waals surface area contributed by atoms with Gasteiger partial charge < -0.3 is 9.64 Å². The second-order valence-corrected chi connectivity index (χ2v) is 3.54. The third kappa shape index (κ3) is 1.91. The average Bonchev–Trinajstić information content (AvgIpc) is 2.56. The van der Waals surface area contributed by atoms with Gasteiger partial charge in [-0.25, -0.2) is 4.79 Å². The summed E-state index contributed by atoms with van der Waals surface area (Å²) in [4.78, 5) is 28.3. The number of carbonyl (C=O) groups is 2. The molecule has 0 unspecified atom stereocenters. The molecule has 2 amide bonds. The summed E-state index contributed by atoms with van der Waals surface area (Å²) in [7, 11) is 1.65. The number of hydrogen-bond donors (Lipinski definition) is 0. The first-order valence-electron chi connectivity index (χ1n) is 5.28. The lowest BCUT2D eigenvalue weighted by atomic mass is 10.1. The highest BCUT2D eigenvalue weighted by Crippen LogP contribution is 2.27. The van der Waals surface area contributed by atoms with Gasteiger partial charge in [0.25, 0.3) is 5.91 Å². The number of carbonyl (C=O) groups excluding carboxylic acids is 2. The van der Waals surface area contributed by atoms with E-state index in [1.165, 1.54) is 4.90 Å². The third-order valence-corrected chi connectivity index (χ3v) is 2.50. The Hall–Kier alpha value is -2.17. The predicted octanol–water partition coefficient (Wildman–Crippen LogP) is 1.61. The van der Waals surface area contributed by atoms with Gasteiger partial charge in [0.15, 0.2) is 0 Å². The highest BCUT2D eigenvalue weighted by molar-refractivity contribution is 6.55. The van der Waals surface area contributed by atoms with E-state index in [-0.39, 0.29) is 18.2 Å². The molecule has 0 spiro atoms. The van der Waals surface area contributed by atoms with Crippen LogP contribution >= 0.6 is 0 Å². The molecule has 0 bridgehead atoms. The smallest absolute Gasteiger partial charge is 0.434 e. The van der Waals surface area contributed by atoms with Crippen molar-refractivity contribution in [3.63, 3.8) is 0 Å². The van der Waals surface area contributed by atoms with Crippen LogP contribution in [0.4, 0.5) is 10.5 Å². The Labute approximate surface area is 98.7 Å². The molecule has 0 radical (unpaired) electrons. The van der Waals surface area contributed by atoms with Gasteiger partial charge in [-0.15, -0.1) is 0 Å². The van der Waals surface area contributed by atoms with E-state index in [2.05, 4.69) is 4.99 Å². The van der Waals surface area contributed by atoms with Crippen molar-refractivity contribution in [1.82, 2.24) is 0 Å². The lowest BCUT2D eigenvalue weighted by molar-refractivity contribution is -0.111. The number of anilines is 1. The molecule has 1 aromatic rings. The van der Waals surface area contributed by atoms with Crippen LogP contribution in [0.1, 0.15) is 12.5 Å². The summed E-state index contributed by atoms with van der Waals surface area (Å²) in [6.07, 6.45) is -0.735. The molecule has 1 aliphatic heterocycles. The Morgan fingerprint density at radius 3 is 2.82 bits per heavy atom. The fourth-order valence-corrected chi connectivity index (χ4v) is 1.70. The molecular weight excluding hydrogens is 220 g/mol. The Morgan fingerprint density at radius 2 is 2.12 bits per heavy atom. The van der Waals surface area contributed by atoms with Crippen molar-refractivity contribution >= 4 is 23.4 Å². The van der Waals surface area contributed by atoms with Crippen molar-refractivity contribution in [1.29, 1.82) is 0 Å². The number of fused-ring (bicyclic) bond motifs is 1. The van der Waals surface area contributed by atoms with Gasteiger partial charge in [-0.3, -0.25) is 4.79 Å². The molecule has 1 aliphatic rings. The van der Waals surface area contributed by atoms with Crippen molar-refractivity contribution < 1.29 is 14.3 Å². The number of amides is 2. The standard InChI is InChI=1S/C12H12N2O3/c1-3-17-12(16)13-10-8-6-4-5-7-9(8)14(2)11(10)15/h4-7H,3H2,1-2H3/b13-10-. The quantitative estimate of drug-likeness (QED) is 0.739. The Kier molecular flexibility index (Phi) is 2.91. The summed E-state index contributed by atoms with van der Waals surface area (Å²) in [5.74, 6) is -0.292. The first kappa shape index (κ1) is 11.3. The fraction of sp³-hybridized carbons (Fsp3) is 0.250. The number of ether oxygens (including phenoxy) is 1. The monoisotopic (exact) mass is 232 g/mol. The topological polar surface area (TPSA) is 59.0 Å². The zero-order valence-corrected chi connectivity index (χ0v) is 9.64. The number of likely N-dealkylation sites (N-methyl/N-ethyl adjacent to an activating group) is 1. The summed E-state index contributed by atoms with van der Waals surface area (Å²) in [6, 6.07) is 7.19. The zero-order chi connectivity index (χ0) is 12.4. The zero-order valence-electron chi connectivity index (χ0n) is 9.64. The minimum Gasteiger partial charge on any atom is -0.448 e. The first-order valence-corrected chi connectivity index (χ1v) is 5.28. The molecule has 0 saturated heterocycles. The van der Waals surface area contributed by atoms with Gasteiger partial charge in [0.1, 0.15) is 5.71 Å². The van der Waals surface area contributed by atoms with Crippen molar-refractivity contribution in [3.05, 3.63) is 29.8 Å². The molecule has 5 nitrogen and oxygen atoms in total. The summed E-state index contributed by atoms with van der Waals surface area (Å²) < 4.78 is 4.71. The highest BCUT2D eigenvalue weighted by atomic mass is 16.5. The summed E-state index contributed by atoms with van der Waals surface area (Å²) in [5.41, 5.74) is 1.55. The lowest BCUT2D eigenvalue weighted by Crippen LogP contribution is -2.26. The van der Waals surface area contributed by atoms with Crippen LogP contribution in [-0.2, 0) is 9.53 Å². The van der Waals surface area contributed by atoms with E-state index < -0.39 is 6.09 Å². The van der Waals surface area contributed by atoms with Crippen LogP contribution in [0.15, 0.2) is 29.3 Å². The van der Waals surface area contributed by atoms with E-state index in [9.17, 15) is 9.59 Å². The van der Waals surface area contributed by atoms with Crippen LogP contribution in [-0.4, -0.2) is 31.4 Å². The second-order valence-electron chi connectivity index (χ2n) is 3.54. The number of rotatable bonds is 1. The van der Waals surface area contributed by atoms with E-state index in [0.717, 1.165) is 5.69 Å². The van der Waals surface area contributed by atoms with E-state index in [1.807, 2.05) is 6.07 Å². The maximum Gasteiger partial charge on any atom is 0.434 e. The Morgan fingerprint density at radius 1 is 1.41 bits per heavy atom. The van der Waals surface area contributed by atoms with Crippen molar-refractivity contribution in [3.8, 4) is 0 Å². The number of para-hydroxylation sites is 1. The van der Waals surface area contributed by atoms with Crippen LogP contribution in [0.2, 0.25) is 0 Å². The molecule has 0 fully saturated rings. The molecule has 0 aliphatic carbocycles. The Bertz CT molecular complexity index is 508. The number of aliphatic imine (C=N–C) groups is 1. The van der Waals surface area contributed by atoms with Crippen LogP contribution in [0, 0.1) is 0 Å². The van der Waals surface area contributed by atoms with E-state index in [0.29, 0.717) is 5.56 Å². The molecule has 0 saturated carbocycles. The number of benzene rings is 1. The lowest BCUT2D eigenvalue weighted by Gasteiger charge is -2.07. The first-order chi connectivity index (χ1) is 8.15. The van der Waals surface area contributed by atoms with Crippen LogP contribution in [0.3, 0.4) is 0 Å². The predicted molar refractivity (Wildman–Crippen MR) is 63.4 cm³/mol. The van der Waals surface area contributed by atoms with E-state index in [1.54, 1.807) is 32.2 Å². The fourth-order valence-electron chi connectivity index (χ4n) is 1.70. The largest absolute Gasteiger partial charge is 0.448 e. The second kappa shape index (κ2) is 4.37. The molecule has 1 heterocycles. The van der Waals surface area contributed by atoms with Crippen LogP contribution < -0.4 is 4.90 Å². The molecular formula is C12H12N2O3. The molecule has 17 heavy (non-hydrogen) atoms. The minimum absolute atomic E-state index is 0.140. The molecule has 88 valence electrons. The van der Waals surface area contributed by atoms with Crippen molar-refractivity contribution in [2.24, 2.45) is 4.99 Å². The van der Waals surface area contributed by atoms with Gasteiger partial charge in [-0.2, -0.15) is 4.99 Å². The average molecular weight is 232 g/mol. The normalized spacial score (nSPS) is 16.2. The van der Waals surface area contributed by atoms with Gasteiger partial charge in [0, 0.05) is 12.6 Å². The van der Waals surface area contributed by atoms with Crippen LogP contribution in [0.5, 0.6) is 0 Å². The summed E-state index contributed by atoms with van der Waals surface area (Å²) >= 11 is 0. The molecule has 1 aromatic carbocycles. The van der Waals surface area contributed by atoms with Gasteiger partial charge in [0.2, 0.25) is 0 Å². The molecule has 2 rings (SSSR count). The summed E-state index contributed by atoms with van der Waals surface area (Å²) in [6.45, 7) is 1.93. The number of nitrogens with zero attached hydrogens (tertiary/aromatic N) is 2. The SMILES string of the molecule is CCOC(=O)/N=C1\C(=O)N(C)c2ccccc21. The van der Waals surface area contributed by atoms with Crippen molar-refractivity contribution in [2.75, 3.05) is 18.6 Å². The van der Waals surface area contributed by atoms with Crippen molar-refractivity contribution in [2.45, 2.75) is 6.92 Å². The third-order valence-electron chi connectivity index (χ3n) is 2.50. The molecule has 5 heteroatoms. The van der Waals surface area contributed by atoms with Gasteiger partial charge in [-0.05, 0) is 13.0 Å². The minimum atomic E-state index is -0.735. The van der Waals surface area contributed by atoms with Gasteiger partial charge in [-0.1, -0.05) is 18.2 Å². The highest BCUT2D eigenvalue weighted by Gasteiger charge is 2.31. The molecule has 0 atom stereocenters. The van der Waals surface area contributed by atoms with E-state index in [4.69, 9.17) is 4.74 Å². The maximum atomic E-state index is 11.9.